The molecule has 0 aliphatic carbocycles. The van der Waals surface area contributed by atoms with E-state index in [0.29, 0.717) is 33.8 Å². The van der Waals surface area contributed by atoms with Crippen LogP contribution in [0.4, 0.5) is 0 Å². The predicted octanol–water partition coefficient (Wildman–Crippen LogP) is 3.88. The molecule has 8 nitrogen and oxygen atoms in total. The first kappa shape index (κ1) is 22.6. The number of hydrogen-bond donors (Lipinski definition) is 1. The summed E-state index contributed by atoms with van der Waals surface area (Å²) in [4.78, 5) is 12.2. The van der Waals surface area contributed by atoms with Crippen LogP contribution < -0.4 is 14.9 Å². The quantitative estimate of drug-likeness (QED) is 0.296. The number of ether oxygens (including phenoxy) is 2. The Bertz CT molecular complexity index is 1070. The van der Waals surface area contributed by atoms with Gasteiger partial charge in [-0.3, -0.25) is 4.79 Å². The summed E-state index contributed by atoms with van der Waals surface area (Å²) in [5.41, 5.74) is 4.11. The summed E-state index contributed by atoms with van der Waals surface area (Å²) in [5.74, 6) is 1.74. The van der Waals surface area contributed by atoms with E-state index < -0.39 is 0 Å². The van der Waals surface area contributed by atoms with Crippen LogP contribution in [-0.4, -0.2) is 46.9 Å². The first-order chi connectivity index (χ1) is 15.1. The molecule has 0 saturated heterocycles. The molecule has 0 aliphatic heterocycles. The van der Waals surface area contributed by atoms with Crippen molar-refractivity contribution in [2.75, 3.05) is 20.0 Å². The summed E-state index contributed by atoms with van der Waals surface area (Å²) < 4.78 is 12.5. The van der Waals surface area contributed by atoms with Gasteiger partial charge in [0, 0.05) is 22.7 Å². The van der Waals surface area contributed by atoms with Gasteiger partial charge >= 0.3 is 0 Å². The maximum Gasteiger partial charge on any atom is 0.250 e. The van der Waals surface area contributed by atoms with E-state index >= 15 is 0 Å². The molecular weight excluding hydrogens is 438 g/mol. The third-order valence-electron chi connectivity index (χ3n) is 4.29. The molecule has 0 fully saturated rings. The lowest BCUT2D eigenvalue weighted by atomic mass is 10.2. The number of rotatable bonds is 9. The highest BCUT2D eigenvalue weighted by atomic mass is 35.5. The molecule has 0 unspecified atom stereocenters. The van der Waals surface area contributed by atoms with Crippen LogP contribution in [0.2, 0.25) is 5.02 Å². The molecule has 0 aliphatic rings. The van der Waals surface area contributed by atoms with Crippen LogP contribution >= 0.6 is 23.4 Å². The molecule has 0 saturated carbocycles. The van der Waals surface area contributed by atoms with Gasteiger partial charge in [0.25, 0.3) is 5.91 Å². The number of nitrogens with zero attached hydrogens (tertiary/aromatic N) is 4. The Morgan fingerprint density at radius 3 is 2.65 bits per heavy atom. The van der Waals surface area contributed by atoms with Crippen molar-refractivity contribution in [1.29, 1.82) is 0 Å². The first-order valence-electron chi connectivity index (χ1n) is 9.42. The average molecular weight is 460 g/mol. The van der Waals surface area contributed by atoms with Crippen molar-refractivity contribution >= 4 is 35.5 Å². The first-order valence-corrected chi connectivity index (χ1v) is 10.8. The van der Waals surface area contributed by atoms with Crippen LogP contribution in [-0.2, 0) is 11.3 Å². The number of carbonyl (C=O) groups is 1. The van der Waals surface area contributed by atoms with E-state index in [-0.39, 0.29) is 11.7 Å². The number of para-hydroxylation sites is 1. The minimum atomic E-state index is -0.262. The van der Waals surface area contributed by atoms with Crippen LogP contribution in [0, 0.1) is 0 Å². The molecule has 1 amide bonds. The van der Waals surface area contributed by atoms with E-state index in [0.717, 1.165) is 11.4 Å². The molecule has 0 bridgehead atoms. The zero-order valence-corrected chi connectivity index (χ0v) is 18.9. The lowest BCUT2D eigenvalue weighted by Gasteiger charge is -2.09. The summed E-state index contributed by atoms with van der Waals surface area (Å²) in [7, 11) is 3.11. The highest BCUT2D eigenvalue weighted by Gasteiger charge is 2.14. The van der Waals surface area contributed by atoms with E-state index in [2.05, 4.69) is 20.7 Å². The third-order valence-corrected chi connectivity index (χ3v) is 5.51. The Morgan fingerprint density at radius 1 is 1.19 bits per heavy atom. The number of thioether (sulfide) groups is 1. The maximum atomic E-state index is 12.2. The molecule has 3 rings (SSSR count). The molecule has 0 atom stereocenters. The SMILES string of the molecule is CCn1c(SCC(=O)N/N=C/c2cccc(OC)c2OC)nnc1-c1ccc(Cl)cc1. The summed E-state index contributed by atoms with van der Waals surface area (Å²) in [6.07, 6.45) is 1.51. The van der Waals surface area contributed by atoms with Gasteiger partial charge in [-0.25, -0.2) is 5.43 Å². The van der Waals surface area contributed by atoms with E-state index in [1.807, 2.05) is 35.8 Å². The maximum absolute atomic E-state index is 12.2. The predicted molar refractivity (Wildman–Crippen MR) is 122 cm³/mol. The molecule has 1 heterocycles. The van der Waals surface area contributed by atoms with Gasteiger partial charge in [0.1, 0.15) is 0 Å². The van der Waals surface area contributed by atoms with Crippen molar-refractivity contribution in [3.63, 3.8) is 0 Å². The van der Waals surface area contributed by atoms with Crippen molar-refractivity contribution < 1.29 is 14.3 Å². The highest BCUT2D eigenvalue weighted by Crippen LogP contribution is 2.29. The summed E-state index contributed by atoms with van der Waals surface area (Å²) >= 11 is 7.25. The van der Waals surface area contributed by atoms with Crippen LogP contribution in [0.3, 0.4) is 0 Å². The standard InChI is InChI=1S/C21H22ClN5O3S/c1-4-27-20(14-8-10-16(22)11-9-14)25-26-21(27)31-13-18(28)24-23-12-15-6-5-7-17(29-2)19(15)30-3/h5-12H,4,13H2,1-3H3,(H,24,28)/b23-12+. The van der Waals surface area contributed by atoms with Crippen LogP contribution in [0.15, 0.2) is 52.7 Å². The Labute approximate surface area is 189 Å². The molecule has 10 heteroatoms. The molecular formula is C21H22ClN5O3S. The van der Waals surface area contributed by atoms with Crippen molar-refractivity contribution in [2.24, 2.45) is 5.10 Å². The van der Waals surface area contributed by atoms with E-state index in [9.17, 15) is 4.79 Å². The van der Waals surface area contributed by atoms with Crippen LogP contribution in [0.1, 0.15) is 12.5 Å². The van der Waals surface area contributed by atoms with Crippen molar-refractivity contribution in [2.45, 2.75) is 18.6 Å². The van der Waals surface area contributed by atoms with E-state index in [1.165, 1.54) is 18.0 Å². The molecule has 162 valence electrons. The lowest BCUT2D eigenvalue weighted by molar-refractivity contribution is -0.118. The smallest absolute Gasteiger partial charge is 0.250 e. The Balaban J connectivity index is 1.62. The molecule has 0 radical (unpaired) electrons. The second kappa shape index (κ2) is 10.8. The second-order valence-corrected chi connectivity index (χ2v) is 7.60. The minimum absolute atomic E-state index is 0.144. The Morgan fingerprint density at radius 2 is 1.97 bits per heavy atom. The highest BCUT2D eigenvalue weighted by molar-refractivity contribution is 7.99. The van der Waals surface area contributed by atoms with Crippen LogP contribution in [0.5, 0.6) is 11.5 Å². The van der Waals surface area contributed by atoms with Crippen molar-refractivity contribution in [3.8, 4) is 22.9 Å². The third kappa shape index (κ3) is 5.56. The van der Waals surface area contributed by atoms with E-state index in [1.54, 1.807) is 32.4 Å². The zero-order valence-electron chi connectivity index (χ0n) is 17.3. The number of hydrogen-bond acceptors (Lipinski definition) is 7. The van der Waals surface area contributed by atoms with Gasteiger partial charge in [-0.2, -0.15) is 5.10 Å². The largest absolute Gasteiger partial charge is 0.493 e. The number of nitrogens with one attached hydrogen (secondary N) is 1. The van der Waals surface area contributed by atoms with Gasteiger partial charge in [-0.1, -0.05) is 29.4 Å². The topological polar surface area (TPSA) is 90.6 Å². The number of methoxy groups -OCH3 is 2. The average Bonchev–Trinajstić information content (AvgIpc) is 3.20. The molecule has 3 aromatic rings. The number of carbonyl (C=O) groups excluding carboxylic acids is 1. The number of amides is 1. The van der Waals surface area contributed by atoms with Gasteiger partial charge in [0.15, 0.2) is 22.5 Å². The van der Waals surface area contributed by atoms with Gasteiger partial charge in [0.05, 0.1) is 26.2 Å². The number of benzene rings is 2. The zero-order chi connectivity index (χ0) is 22.2. The van der Waals surface area contributed by atoms with E-state index in [4.69, 9.17) is 21.1 Å². The molecule has 31 heavy (non-hydrogen) atoms. The molecule has 1 aromatic heterocycles. The molecule has 1 N–H and O–H groups in total. The fourth-order valence-electron chi connectivity index (χ4n) is 2.84. The Kier molecular flexibility index (Phi) is 7.91. The fourth-order valence-corrected chi connectivity index (χ4v) is 3.76. The van der Waals surface area contributed by atoms with Gasteiger partial charge < -0.3 is 14.0 Å². The Hall–Kier alpha value is -3.04. The summed E-state index contributed by atoms with van der Waals surface area (Å²) in [5, 5.41) is 13.8. The van der Waals surface area contributed by atoms with Crippen LogP contribution in [0.25, 0.3) is 11.4 Å². The normalized spacial score (nSPS) is 11.0. The molecule has 2 aromatic carbocycles. The lowest BCUT2D eigenvalue weighted by Crippen LogP contribution is -2.20. The summed E-state index contributed by atoms with van der Waals surface area (Å²) in [6, 6.07) is 12.8. The number of aromatic nitrogens is 3. The minimum Gasteiger partial charge on any atom is -0.493 e. The second-order valence-electron chi connectivity index (χ2n) is 6.22. The number of hydrazone groups is 1. The monoisotopic (exact) mass is 459 g/mol. The fraction of sp³-hybridized carbons (Fsp3) is 0.238. The van der Waals surface area contributed by atoms with Gasteiger partial charge in [-0.15, -0.1) is 10.2 Å². The van der Waals surface area contributed by atoms with Gasteiger partial charge in [-0.05, 0) is 43.3 Å². The van der Waals surface area contributed by atoms with Crippen molar-refractivity contribution in [3.05, 3.63) is 53.1 Å². The molecule has 0 spiro atoms. The van der Waals surface area contributed by atoms with Crippen molar-refractivity contribution in [1.82, 2.24) is 20.2 Å². The number of halogens is 1. The summed E-state index contributed by atoms with van der Waals surface area (Å²) in [6.45, 7) is 2.67. The van der Waals surface area contributed by atoms with Gasteiger partial charge in [0.2, 0.25) is 0 Å².